The van der Waals surface area contributed by atoms with E-state index in [1.807, 2.05) is 30.3 Å². The molecule has 0 aliphatic heterocycles. The van der Waals surface area contributed by atoms with Gasteiger partial charge in [-0.15, -0.1) is 0 Å². The van der Waals surface area contributed by atoms with Crippen molar-refractivity contribution in [1.29, 1.82) is 0 Å². The zero-order chi connectivity index (χ0) is 20.4. The van der Waals surface area contributed by atoms with Crippen molar-refractivity contribution in [2.45, 2.75) is 63.5 Å². The summed E-state index contributed by atoms with van der Waals surface area (Å²) in [5.74, 6) is -0.221. The third-order valence-electron chi connectivity index (χ3n) is 5.70. The van der Waals surface area contributed by atoms with Gasteiger partial charge in [0.2, 0.25) is 0 Å². The quantitative estimate of drug-likeness (QED) is 0.574. The van der Waals surface area contributed by atoms with E-state index in [0.29, 0.717) is 31.3 Å². The number of hydrogen-bond acceptors (Lipinski definition) is 3. The first-order valence-electron chi connectivity index (χ1n) is 10.4. The first kappa shape index (κ1) is 22.2. The zero-order valence-electron chi connectivity index (χ0n) is 17.2. The number of rotatable bonds is 10. The maximum Gasteiger partial charge on any atom is 0.315 e. The molecular weight excluding hydrogens is 354 g/mol. The number of urea groups is 1. The van der Waals surface area contributed by atoms with E-state index in [1.54, 1.807) is 0 Å². The Labute approximate surface area is 168 Å². The molecule has 1 aromatic rings. The van der Waals surface area contributed by atoms with E-state index in [4.69, 9.17) is 5.11 Å². The summed E-state index contributed by atoms with van der Waals surface area (Å²) in [4.78, 5) is 25.7. The Morgan fingerprint density at radius 1 is 1.14 bits per heavy atom. The molecule has 6 heteroatoms. The van der Waals surface area contributed by atoms with E-state index >= 15 is 0 Å². The van der Waals surface area contributed by atoms with Gasteiger partial charge in [-0.3, -0.25) is 4.79 Å². The first-order valence-corrected chi connectivity index (χ1v) is 10.4. The highest BCUT2D eigenvalue weighted by Crippen LogP contribution is 2.28. The fourth-order valence-electron chi connectivity index (χ4n) is 4.15. The van der Waals surface area contributed by atoms with E-state index in [9.17, 15) is 9.59 Å². The number of likely N-dealkylation sites (N-methyl/N-ethyl adjacent to an activating group) is 1. The molecule has 0 heterocycles. The average Bonchev–Trinajstić information content (AvgIpc) is 2.67. The van der Waals surface area contributed by atoms with Crippen LogP contribution in [0.3, 0.4) is 0 Å². The number of carboxylic acid groups (broad SMARTS) is 1. The SMILES string of the molecule is CN(C)C(CNC(=O)NC(CCC(=O)O)Cc1ccccc1)C1CCCCC1. The Kier molecular flexibility index (Phi) is 9.28. The minimum absolute atomic E-state index is 0.0418. The van der Waals surface area contributed by atoms with E-state index < -0.39 is 5.97 Å². The molecule has 3 N–H and O–H groups in total. The van der Waals surface area contributed by atoms with Crippen LogP contribution in [-0.4, -0.2) is 54.7 Å². The van der Waals surface area contributed by atoms with Crippen LogP contribution < -0.4 is 10.6 Å². The molecule has 1 saturated carbocycles. The molecule has 2 rings (SSSR count). The van der Waals surface area contributed by atoms with Gasteiger partial charge in [0.05, 0.1) is 0 Å². The van der Waals surface area contributed by atoms with Crippen molar-refractivity contribution < 1.29 is 14.7 Å². The molecule has 1 aliphatic carbocycles. The van der Waals surface area contributed by atoms with Gasteiger partial charge in [-0.1, -0.05) is 49.6 Å². The number of carboxylic acids is 1. The van der Waals surface area contributed by atoms with Crippen LogP contribution in [0.1, 0.15) is 50.5 Å². The maximum absolute atomic E-state index is 12.5. The predicted molar refractivity (Wildman–Crippen MR) is 111 cm³/mol. The second kappa shape index (κ2) is 11.7. The lowest BCUT2D eigenvalue weighted by atomic mass is 9.83. The van der Waals surface area contributed by atoms with E-state index in [-0.39, 0.29) is 18.5 Å². The molecule has 1 fully saturated rings. The van der Waals surface area contributed by atoms with Crippen molar-refractivity contribution in [2.24, 2.45) is 5.92 Å². The van der Waals surface area contributed by atoms with Gasteiger partial charge in [0, 0.05) is 25.0 Å². The Bertz CT molecular complexity index is 600. The van der Waals surface area contributed by atoms with Crippen LogP contribution in [0, 0.1) is 5.92 Å². The summed E-state index contributed by atoms with van der Waals surface area (Å²) < 4.78 is 0. The lowest BCUT2D eigenvalue weighted by Gasteiger charge is -2.35. The normalized spacial score (nSPS) is 17.1. The summed E-state index contributed by atoms with van der Waals surface area (Å²) in [6, 6.07) is 9.77. The third-order valence-corrected chi connectivity index (χ3v) is 5.70. The summed E-state index contributed by atoms with van der Waals surface area (Å²) >= 11 is 0. The summed E-state index contributed by atoms with van der Waals surface area (Å²) in [6.45, 7) is 0.612. The number of nitrogens with one attached hydrogen (secondary N) is 2. The van der Waals surface area contributed by atoms with Crippen molar-refractivity contribution in [1.82, 2.24) is 15.5 Å². The molecule has 2 amide bonds. The topological polar surface area (TPSA) is 81.7 Å². The number of nitrogens with zero attached hydrogens (tertiary/aromatic N) is 1. The van der Waals surface area contributed by atoms with Gasteiger partial charge >= 0.3 is 12.0 Å². The molecule has 0 aromatic heterocycles. The van der Waals surface area contributed by atoms with E-state index in [0.717, 1.165) is 5.56 Å². The highest BCUT2D eigenvalue weighted by atomic mass is 16.4. The number of benzene rings is 1. The van der Waals surface area contributed by atoms with Crippen molar-refractivity contribution in [3.05, 3.63) is 35.9 Å². The van der Waals surface area contributed by atoms with Crippen molar-refractivity contribution in [3.8, 4) is 0 Å². The molecule has 2 unspecified atom stereocenters. The van der Waals surface area contributed by atoms with Gasteiger partial charge in [0.1, 0.15) is 0 Å². The molecule has 0 radical (unpaired) electrons. The lowest BCUT2D eigenvalue weighted by molar-refractivity contribution is -0.137. The van der Waals surface area contributed by atoms with Gasteiger partial charge in [0.15, 0.2) is 0 Å². The maximum atomic E-state index is 12.5. The third kappa shape index (κ3) is 7.89. The number of carbonyl (C=O) groups is 2. The Hall–Kier alpha value is -2.08. The molecule has 156 valence electrons. The Morgan fingerprint density at radius 3 is 2.43 bits per heavy atom. The number of amides is 2. The van der Waals surface area contributed by atoms with Crippen molar-refractivity contribution >= 4 is 12.0 Å². The van der Waals surface area contributed by atoms with Gasteiger partial charge in [-0.05, 0) is 51.3 Å². The number of hydrogen-bond donors (Lipinski definition) is 3. The van der Waals surface area contributed by atoms with Crippen LogP contribution in [-0.2, 0) is 11.2 Å². The van der Waals surface area contributed by atoms with Gasteiger partial charge in [-0.25, -0.2) is 4.79 Å². The zero-order valence-corrected chi connectivity index (χ0v) is 17.2. The van der Waals surface area contributed by atoms with E-state index in [2.05, 4.69) is 29.6 Å². The number of carbonyl (C=O) groups excluding carboxylic acids is 1. The molecule has 0 saturated heterocycles. The highest BCUT2D eigenvalue weighted by molar-refractivity contribution is 5.74. The lowest BCUT2D eigenvalue weighted by Crippen LogP contribution is -2.50. The second-order valence-electron chi connectivity index (χ2n) is 8.10. The molecule has 0 spiro atoms. The van der Waals surface area contributed by atoms with Gasteiger partial charge < -0.3 is 20.6 Å². The van der Waals surface area contributed by atoms with Crippen LogP contribution in [0.5, 0.6) is 0 Å². The molecule has 1 aliphatic rings. The minimum atomic E-state index is -0.842. The smallest absolute Gasteiger partial charge is 0.315 e. The molecular formula is C22H35N3O3. The van der Waals surface area contributed by atoms with Crippen LogP contribution in [0.15, 0.2) is 30.3 Å². The Balaban J connectivity index is 1.88. The monoisotopic (exact) mass is 389 g/mol. The van der Waals surface area contributed by atoms with Crippen LogP contribution >= 0.6 is 0 Å². The molecule has 1 aromatic carbocycles. The van der Waals surface area contributed by atoms with Gasteiger partial charge in [0.25, 0.3) is 0 Å². The van der Waals surface area contributed by atoms with Crippen molar-refractivity contribution in [3.63, 3.8) is 0 Å². The first-order chi connectivity index (χ1) is 13.5. The van der Waals surface area contributed by atoms with Crippen LogP contribution in [0.4, 0.5) is 4.79 Å². The molecule has 6 nitrogen and oxygen atoms in total. The van der Waals surface area contributed by atoms with Crippen LogP contribution in [0.2, 0.25) is 0 Å². The van der Waals surface area contributed by atoms with Crippen LogP contribution in [0.25, 0.3) is 0 Å². The summed E-state index contributed by atoms with van der Waals surface area (Å²) in [5, 5.41) is 15.0. The van der Waals surface area contributed by atoms with Crippen molar-refractivity contribution in [2.75, 3.05) is 20.6 Å². The average molecular weight is 390 g/mol. The standard InChI is InChI=1S/C22H35N3O3/c1-25(2)20(18-11-7-4-8-12-18)16-23-22(28)24-19(13-14-21(26)27)15-17-9-5-3-6-10-17/h3,5-6,9-10,18-20H,4,7-8,11-16H2,1-2H3,(H,26,27)(H2,23,24,28). The molecule has 0 bridgehead atoms. The fourth-order valence-corrected chi connectivity index (χ4v) is 4.15. The highest BCUT2D eigenvalue weighted by Gasteiger charge is 2.26. The fraction of sp³-hybridized carbons (Fsp3) is 0.636. The largest absolute Gasteiger partial charge is 0.481 e. The minimum Gasteiger partial charge on any atom is -0.481 e. The van der Waals surface area contributed by atoms with Gasteiger partial charge in [-0.2, -0.15) is 0 Å². The second-order valence-corrected chi connectivity index (χ2v) is 8.10. The summed E-state index contributed by atoms with van der Waals surface area (Å²) in [5.41, 5.74) is 1.09. The predicted octanol–water partition coefficient (Wildman–Crippen LogP) is 3.27. The summed E-state index contributed by atoms with van der Waals surface area (Å²) in [6.07, 6.45) is 7.39. The molecule has 28 heavy (non-hydrogen) atoms. The number of aliphatic carboxylic acids is 1. The summed E-state index contributed by atoms with van der Waals surface area (Å²) in [7, 11) is 4.15. The Morgan fingerprint density at radius 2 is 1.82 bits per heavy atom. The van der Waals surface area contributed by atoms with E-state index in [1.165, 1.54) is 32.1 Å². The molecule has 2 atom stereocenters.